The lowest BCUT2D eigenvalue weighted by molar-refractivity contribution is 0.338. The van der Waals surface area contributed by atoms with Crippen molar-refractivity contribution in [1.29, 1.82) is 5.26 Å². The molecule has 0 aliphatic rings. The van der Waals surface area contributed by atoms with Crippen LogP contribution in [0, 0.1) is 18.3 Å². The van der Waals surface area contributed by atoms with Gasteiger partial charge in [0.25, 0.3) is 0 Å². The summed E-state index contributed by atoms with van der Waals surface area (Å²) < 4.78 is 33.7. The average molecular weight is 504 g/mol. The fraction of sp³-hybridized carbons (Fsp3) is 0.111. The molecule has 4 rings (SSSR count). The van der Waals surface area contributed by atoms with Gasteiger partial charge in [-0.1, -0.05) is 29.8 Å². The van der Waals surface area contributed by atoms with Crippen molar-refractivity contribution in [2.24, 2.45) is 0 Å². The van der Waals surface area contributed by atoms with E-state index >= 15 is 0 Å². The van der Waals surface area contributed by atoms with Crippen LogP contribution in [0.15, 0.2) is 88.8 Å². The van der Waals surface area contributed by atoms with Crippen LogP contribution in [-0.4, -0.2) is 24.8 Å². The summed E-state index contributed by atoms with van der Waals surface area (Å²) in [6.07, 6.45) is 3.07. The Bertz CT molecular complexity index is 1540. The van der Waals surface area contributed by atoms with E-state index in [2.05, 4.69) is 0 Å². The molecule has 1 aromatic heterocycles. The van der Waals surface area contributed by atoms with Gasteiger partial charge in [0.15, 0.2) is 0 Å². The van der Waals surface area contributed by atoms with Gasteiger partial charge in [0, 0.05) is 22.3 Å². The molecule has 0 amide bonds. The Labute approximate surface area is 209 Å². The number of sulfone groups is 1. The second-order valence-electron chi connectivity index (χ2n) is 7.70. The monoisotopic (exact) mass is 503 g/mol. The summed E-state index contributed by atoms with van der Waals surface area (Å²) in [6.45, 7) is 4.40. The smallest absolute Gasteiger partial charge is 0.216 e. The van der Waals surface area contributed by atoms with Crippen LogP contribution < -0.4 is 4.74 Å². The molecule has 6 nitrogen and oxygen atoms in total. The van der Waals surface area contributed by atoms with E-state index in [9.17, 15) is 13.7 Å². The molecule has 0 atom stereocenters. The first-order valence-electron chi connectivity index (χ1n) is 10.8. The van der Waals surface area contributed by atoms with Crippen molar-refractivity contribution in [3.05, 3.63) is 100 Å². The number of hydrogen-bond donors (Lipinski definition) is 0. The zero-order valence-corrected chi connectivity index (χ0v) is 20.7. The molecule has 8 heteroatoms. The first kappa shape index (κ1) is 24.3. The molecule has 0 fully saturated rings. The maximum atomic E-state index is 13.2. The highest BCUT2D eigenvalue weighted by molar-refractivity contribution is 7.95. The van der Waals surface area contributed by atoms with E-state index in [0.29, 0.717) is 22.9 Å². The van der Waals surface area contributed by atoms with Crippen LogP contribution in [0.3, 0.4) is 0 Å². The Morgan fingerprint density at radius 1 is 1.11 bits per heavy atom. The molecule has 0 spiro atoms. The molecule has 0 unspecified atom stereocenters. The van der Waals surface area contributed by atoms with E-state index in [-0.39, 0.29) is 4.90 Å². The van der Waals surface area contributed by atoms with Crippen molar-refractivity contribution in [2.45, 2.75) is 18.7 Å². The standard InChI is InChI=1S/C27H22ClN3O3S/c1-3-34-26-14-9-20(15-19(26)2)27-21(18-31(30-27)23-7-5-4-6-8-23)16-25(17-29)35(32,33)24-12-10-22(28)11-13-24/h4-16,18H,3H2,1-2H3/b25-16+. The fourth-order valence-electron chi connectivity index (χ4n) is 3.60. The molecule has 0 aliphatic carbocycles. The van der Waals surface area contributed by atoms with Crippen LogP contribution in [0.25, 0.3) is 23.0 Å². The molecule has 176 valence electrons. The highest BCUT2D eigenvalue weighted by Crippen LogP contribution is 2.31. The predicted molar refractivity (Wildman–Crippen MR) is 137 cm³/mol. The molecule has 0 radical (unpaired) electrons. The Morgan fingerprint density at radius 2 is 1.83 bits per heavy atom. The van der Waals surface area contributed by atoms with Gasteiger partial charge >= 0.3 is 0 Å². The van der Waals surface area contributed by atoms with Gasteiger partial charge in [-0.3, -0.25) is 0 Å². The molecule has 4 aromatic rings. The number of hydrogen-bond acceptors (Lipinski definition) is 5. The summed E-state index contributed by atoms with van der Waals surface area (Å²) >= 11 is 5.90. The van der Waals surface area contributed by atoms with Gasteiger partial charge in [0.1, 0.15) is 22.4 Å². The van der Waals surface area contributed by atoms with Crippen LogP contribution in [0.1, 0.15) is 18.1 Å². The minimum absolute atomic E-state index is 0.0105. The molecule has 35 heavy (non-hydrogen) atoms. The van der Waals surface area contributed by atoms with Crippen molar-refractivity contribution in [2.75, 3.05) is 6.61 Å². The van der Waals surface area contributed by atoms with Crippen molar-refractivity contribution >= 4 is 27.5 Å². The van der Waals surface area contributed by atoms with Gasteiger partial charge in [0.05, 0.1) is 17.2 Å². The number of aromatic nitrogens is 2. The SMILES string of the molecule is CCOc1ccc(-c2nn(-c3ccccc3)cc2/C=C(\C#N)S(=O)(=O)c2ccc(Cl)cc2)cc1C. The van der Waals surface area contributed by atoms with Crippen LogP contribution in [0.2, 0.25) is 5.02 Å². The van der Waals surface area contributed by atoms with E-state index in [4.69, 9.17) is 21.4 Å². The average Bonchev–Trinajstić information content (AvgIpc) is 3.28. The van der Waals surface area contributed by atoms with Gasteiger partial charge in [0.2, 0.25) is 9.84 Å². The van der Waals surface area contributed by atoms with Crippen LogP contribution in [-0.2, 0) is 9.84 Å². The normalized spacial score (nSPS) is 11.8. The lowest BCUT2D eigenvalue weighted by Crippen LogP contribution is -2.03. The number of rotatable bonds is 7. The molecule has 0 N–H and O–H groups in total. The topological polar surface area (TPSA) is 85.0 Å². The number of halogens is 1. The summed E-state index contributed by atoms with van der Waals surface area (Å²) in [6, 6.07) is 22.7. The maximum Gasteiger partial charge on any atom is 0.216 e. The van der Waals surface area contributed by atoms with Gasteiger partial charge in [-0.15, -0.1) is 0 Å². The maximum absolute atomic E-state index is 13.2. The lowest BCUT2D eigenvalue weighted by Gasteiger charge is -2.09. The number of benzene rings is 3. The highest BCUT2D eigenvalue weighted by atomic mass is 35.5. The van der Waals surface area contributed by atoms with Crippen molar-refractivity contribution in [1.82, 2.24) is 9.78 Å². The van der Waals surface area contributed by atoms with Gasteiger partial charge in [-0.2, -0.15) is 10.4 Å². The largest absolute Gasteiger partial charge is 0.494 e. The third-order valence-corrected chi connectivity index (χ3v) is 7.25. The van der Waals surface area contributed by atoms with Gasteiger partial charge in [-0.05, 0) is 80.1 Å². The van der Waals surface area contributed by atoms with E-state index in [1.165, 1.54) is 30.3 Å². The molecule has 1 heterocycles. The Balaban J connectivity index is 1.88. The summed E-state index contributed by atoms with van der Waals surface area (Å²) in [4.78, 5) is -0.403. The van der Waals surface area contributed by atoms with Gasteiger partial charge < -0.3 is 4.74 Å². The minimum atomic E-state index is -4.06. The second kappa shape index (κ2) is 10.2. The van der Waals surface area contributed by atoms with E-state index < -0.39 is 14.7 Å². The summed E-state index contributed by atoms with van der Waals surface area (Å²) in [5.74, 6) is 0.763. The van der Waals surface area contributed by atoms with Crippen LogP contribution in [0.5, 0.6) is 5.75 Å². The zero-order chi connectivity index (χ0) is 25.0. The molecular formula is C27H22ClN3O3S. The van der Waals surface area contributed by atoms with Crippen molar-refractivity contribution in [3.63, 3.8) is 0 Å². The number of para-hydroxylation sites is 1. The van der Waals surface area contributed by atoms with Crippen molar-refractivity contribution < 1.29 is 13.2 Å². The fourth-order valence-corrected chi connectivity index (χ4v) is 4.87. The third-order valence-electron chi connectivity index (χ3n) is 5.32. The first-order chi connectivity index (χ1) is 16.8. The van der Waals surface area contributed by atoms with Gasteiger partial charge in [-0.25, -0.2) is 13.1 Å². The van der Waals surface area contributed by atoms with E-state index in [1.807, 2.05) is 68.4 Å². The molecule has 0 bridgehead atoms. The van der Waals surface area contributed by atoms with E-state index in [0.717, 1.165) is 22.6 Å². The van der Waals surface area contributed by atoms with Crippen LogP contribution >= 0.6 is 11.6 Å². The summed E-state index contributed by atoms with van der Waals surface area (Å²) in [5, 5.41) is 14.9. The highest BCUT2D eigenvalue weighted by Gasteiger charge is 2.22. The van der Waals surface area contributed by atoms with Crippen LogP contribution in [0.4, 0.5) is 0 Å². The number of aryl methyl sites for hydroxylation is 1. The molecule has 0 aliphatic heterocycles. The van der Waals surface area contributed by atoms with E-state index in [1.54, 1.807) is 10.9 Å². The Kier molecular flexibility index (Phi) is 7.06. The summed E-state index contributed by atoms with van der Waals surface area (Å²) in [5.41, 5.74) is 3.52. The van der Waals surface area contributed by atoms with Crippen molar-refractivity contribution in [3.8, 4) is 28.8 Å². The molecule has 0 saturated carbocycles. The molecular weight excluding hydrogens is 482 g/mol. The number of ether oxygens (including phenoxy) is 1. The first-order valence-corrected chi connectivity index (χ1v) is 12.7. The molecule has 3 aromatic carbocycles. The summed E-state index contributed by atoms with van der Waals surface area (Å²) in [7, 11) is -4.06. The predicted octanol–water partition coefficient (Wildman–Crippen LogP) is 6.24. The molecule has 0 saturated heterocycles. The zero-order valence-electron chi connectivity index (χ0n) is 19.1. The second-order valence-corrected chi connectivity index (χ2v) is 10.1. The quantitative estimate of drug-likeness (QED) is 0.279. The Hall–Kier alpha value is -3.86. The lowest BCUT2D eigenvalue weighted by atomic mass is 10.0. The number of allylic oxidation sites excluding steroid dienone is 1. The Morgan fingerprint density at radius 3 is 2.46 bits per heavy atom. The minimum Gasteiger partial charge on any atom is -0.494 e. The third kappa shape index (κ3) is 5.14. The number of nitriles is 1. The number of nitrogens with zero attached hydrogens (tertiary/aromatic N) is 3.